The number of pyridine rings is 1. The Morgan fingerprint density at radius 2 is 2.10 bits per heavy atom. The molecule has 0 bridgehead atoms. The Hall–Kier alpha value is -2.03. The quantitative estimate of drug-likeness (QED) is 0.842. The Morgan fingerprint density at radius 3 is 2.75 bits per heavy atom. The van der Waals surface area contributed by atoms with Gasteiger partial charge in [-0.1, -0.05) is 19.9 Å². The molecule has 3 nitrogen and oxygen atoms in total. The summed E-state index contributed by atoms with van der Waals surface area (Å²) in [6, 6.07) is 8.07. The maximum Gasteiger partial charge on any atom is 0.123 e. The third-order valence-electron chi connectivity index (χ3n) is 3.39. The Balaban J connectivity index is 2.07. The van der Waals surface area contributed by atoms with Crippen LogP contribution in [-0.4, -0.2) is 11.6 Å². The Kier molecular flexibility index (Phi) is 4.61. The average molecular weight is 270 g/mol. The van der Waals surface area contributed by atoms with E-state index in [1.807, 2.05) is 31.3 Å². The average Bonchev–Trinajstić information content (AvgIpc) is 2.43. The minimum atomic E-state index is 0.395. The number of hydrogen-bond donors (Lipinski definition) is 1. The molecule has 1 aromatic carbocycles. The van der Waals surface area contributed by atoms with Gasteiger partial charge in [0.05, 0.1) is 6.61 Å². The molecule has 0 amide bonds. The zero-order valence-electron chi connectivity index (χ0n) is 12.4. The fourth-order valence-electron chi connectivity index (χ4n) is 2.12. The van der Waals surface area contributed by atoms with Gasteiger partial charge in [0.15, 0.2) is 0 Å². The molecular formula is C17H22N2O. The molecule has 1 heterocycles. The number of hydrogen-bond acceptors (Lipinski definition) is 3. The molecule has 106 valence electrons. The van der Waals surface area contributed by atoms with E-state index in [4.69, 9.17) is 10.5 Å². The van der Waals surface area contributed by atoms with Crippen LogP contribution in [0.25, 0.3) is 0 Å². The minimum Gasteiger partial charge on any atom is -0.493 e. The van der Waals surface area contributed by atoms with E-state index < -0.39 is 0 Å². The molecule has 0 aliphatic carbocycles. The number of benzene rings is 1. The second-order valence-electron chi connectivity index (χ2n) is 5.36. The van der Waals surface area contributed by atoms with Crippen LogP contribution in [-0.2, 0) is 6.42 Å². The molecule has 0 unspecified atom stereocenters. The third-order valence-corrected chi connectivity index (χ3v) is 3.39. The molecular weight excluding hydrogens is 248 g/mol. The first kappa shape index (κ1) is 14.4. The third kappa shape index (κ3) is 3.50. The highest BCUT2D eigenvalue weighted by Gasteiger charge is 2.10. The summed E-state index contributed by atoms with van der Waals surface area (Å²) in [6.07, 6.45) is 4.51. The monoisotopic (exact) mass is 270 g/mol. The number of anilines is 1. The van der Waals surface area contributed by atoms with E-state index in [0.29, 0.717) is 12.5 Å². The Bertz CT molecular complexity index is 565. The van der Waals surface area contributed by atoms with Crippen molar-refractivity contribution >= 4 is 5.69 Å². The first-order valence-electron chi connectivity index (χ1n) is 6.99. The van der Waals surface area contributed by atoms with Gasteiger partial charge in [0.2, 0.25) is 0 Å². The van der Waals surface area contributed by atoms with Crippen LogP contribution in [0.2, 0.25) is 0 Å². The smallest absolute Gasteiger partial charge is 0.123 e. The largest absolute Gasteiger partial charge is 0.493 e. The van der Waals surface area contributed by atoms with Gasteiger partial charge in [0, 0.05) is 24.5 Å². The summed E-state index contributed by atoms with van der Waals surface area (Å²) in [7, 11) is 0. The van der Waals surface area contributed by atoms with Gasteiger partial charge in [-0.25, -0.2) is 0 Å². The van der Waals surface area contributed by atoms with Gasteiger partial charge in [-0.2, -0.15) is 0 Å². The lowest BCUT2D eigenvalue weighted by atomic mass is 9.99. The van der Waals surface area contributed by atoms with Gasteiger partial charge in [-0.15, -0.1) is 0 Å². The lowest BCUT2D eigenvalue weighted by Gasteiger charge is -2.16. The van der Waals surface area contributed by atoms with Crippen LogP contribution in [0.15, 0.2) is 36.7 Å². The van der Waals surface area contributed by atoms with Crippen molar-refractivity contribution < 1.29 is 4.74 Å². The van der Waals surface area contributed by atoms with Crippen molar-refractivity contribution in [2.24, 2.45) is 0 Å². The molecule has 2 aromatic rings. The normalized spacial score (nSPS) is 10.8. The van der Waals surface area contributed by atoms with Crippen molar-refractivity contribution in [2.75, 3.05) is 12.3 Å². The zero-order valence-corrected chi connectivity index (χ0v) is 12.4. The molecule has 0 aliphatic heterocycles. The van der Waals surface area contributed by atoms with Gasteiger partial charge < -0.3 is 10.5 Å². The molecule has 0 aliphatic rings. The highest BCUT2D eigenvalue weighted by Crippen LogP contribution is 2.31. The van der Waals surface area contributed by atoms with Crippen LogP contribution in [0.4, 0.5) is 5.69 Å². The topological polar surface area (TPSA) is 48.1 Å². The summed E-state index contributed by atoms with van der Waals surface area (Å²) >= 11 is 0. The molecule has 3 heteroatoms. The highest BCUT2D eigenvalue weighted by atomic mass is 16.5. The van der Waals surface area contributed by atoms with E-state index in [2.05, 4.69) is 24.9 Å². The molecule has 20 heavy (non-hydrogen) atoms. The van der Waals surface area contributed by atoms with Crippen LogP contribution < -0.4 is 10.5 Å². The van der Waals surface area contributed by atoms with E-state index in [-0.39, 0.29) is 0 Å². The van der Waals surface area contributed by atoms with E-state index in [0.717, 1.165) is 23.4 Å². The van der Waals surface area contributed by atoms with Crippen molar-refractivity contribution in [1.29, 1.82) is 0 Å². The molecule has 2 rings (SSSR count). The number of nitrogen functional groups attached to an aromatic ring is 1. The number of nitrogens with two attached hydrogens (primary N) is 1. The van der Waals surface area contributed by atoms with E-state index in [9.17, 15) is 0 Å². The Morgan fingerprint density at radius 1 is 1.30 bits per heavy atom. The first-order valence-corrected chi connectivity index (χ1v) is 6.99. The van der Waals surface area contributed by atoms with Gasteiger partial charge in [0.25, 0.3) is 0 Å². The van der Waals surface area contributed by atoms with Crippen molar-refractivity contribution in [3.05, 3.63) is 53.3 Å². The molecule has 0 saturated carbocycles. The highest BCUT2D eigenvalue weighted by molar-refractivity contribution is 5.55. The predicted molar refractivity (Wildman–Crippen MR) is 83.1 cm³/mol. The number of nitrogens with zero attached hydrogens (tertiary/aromatic N) is 1. The van der Waals surface area contributed by atoms with Crippen LogP contribution in [0.3, 0.4) is 0 Å². The molecule has 0 atom stereocenters. The number of aryl methyl sites for hydroxylation is 1. The molecule has 1 aromatic heterocycles. The van der Waals surface area contributed by atoms with Crippen LogP contribution >= 0.6 is 0 Å². The van der Waals surface area contributed by atoms with Crippen LogP contribution in [0, 0.1) is 6.92 Å². The van der Waals surface area contributed by atoms with E-state index in [1.165, 1.54) is 11.1 Å². The van der Waals surface area contributed by atoms with Crippen molar-refractivity contribution in [3.8, 4) is 5.75 Å². The fourth-order valence-corrected chi connectivity index (χ4v) is 2.12. The summed E-state index contributed by atoms with van der Waals surface area (Å²) in [5.74, 6) is 1.34. The van der Waals surface area contributed by atoms with E-state index in [1.54, 1.807) is 6.20 Å². The van der Waals surface area contributed by atoms with Gasteiger partial charge in [-0.05, 0) is 47.7 Å². The summed E-state index contributed by atoms with van der Waals surface area (Å²) in [6.45, 7) is 6.96. The van der Waals surface area contributed by atoms with E-state index >= 15 is 0 Å². The molecule has 0 fully saturated rings. The summed E-state index contributed by atoms with van der Waals surface area (Å²) in [5.41, 5.74) is 10.2. The van der Waals surface area contributed by atoms with Crippen molar-refractivity contribution in [3.63, 3.8) is 0 Å². The molecule has 0 radical (unpaired) electrons. The summed E-state index contributed by atoms with van der Waals surface area (Å²) in [5, 5.41) is 0. The molecule has 2 N–H and O–H groups in total. The molecule has 0 spiro atoms. The maximum atomic E-state index is 5.98. The number of ether oxygens (including phenoxy) is 1. The predicted octanol–water partition coefficient (Wildman–Crippen LogP) is 3.72. The minimum absolute atomic E-state index is 0.395. The summed E-state index contributed by atoms with van der Waals surface area (Å²) in [4.78, 5) is 4.11. The van der Waals surface area contributed by atoms with Crippen molar-refractivity contribution in [1.82, 2.24) is 4.98 Å². The van der Waals surface area contributed by atoms with Gasteiger partial charge in [-0.3, -0.25) is 4.98 Å². The lowest BCUT2D eigenvalue weighted by molar-refractivity contribution is 0.317. The lowest BCUT2D eigenvalue weighted by Crippen LogP contribution is -2.05. The number of aromatic nitrogens is 1. The Labute approximate surface area is 120 Å². The van der Waals surface area contributed by atoms with Gasteiger partial charge >= 0.3 is 0 Å². The maximum absolute atomic E-state index is 5.98. The van der Waals surface area contributed by atoms with Crippen molar-refractivity contribution in [2.45, 2.75) is 33.1 Å². The number of rotatable bonds is 5. The SMILES string of the molecule is Cc1cc(OCCc2cccnc2)c(C(C)C)cc1N. The fraction of sp³-hybridized carbons (Fsp3) is 0.353. The first-order chi connectivity index (χ1) is 9.58. The second kappa shape index (κ2) is 6.42. The molecule has 0 saturated heterocycles. The zero-order chi connectivity index (χ0) is 14.5. The van der Waals surface area contributed by atoms with Crippen LogP contribution in [0.5, 0.6) is 5.75 Å². The standard InChI is InChI=1S/C17H22N2O/c1-12(2)15-10-16(18)13(3)9-17(15)20-8-6-14-5-4-7-19-11-14/h4-5,7,9-12H,6,8,18H2,1-3H3. The van der Waals surface area contributed by atoms with Gasteiger partial charge in [0.1, 0.15) is 5.75 Å². The van der Waals surface area contributed by atoms with Crippen LogP contribution in [0.1, 0.15) is 36.5 Å². The second-order valence-corrected chi connectivity index (χ2v) is 5.36. The summed E-state index contributed by atoms with van der Waals surface area (Å²) < 4.78 is 5.95.